The Hall–Kier alpha value is -0.210. The van der Waals surface area contributed by atoms with Gasteiger partial charge in [0.15, 0.2) is 0 Å². The average molecular weight is 239 g/mol. The van der Waals surface area contributed by atoms with Crippen molar-refractivity contribution in [1.82, 2.24) is 4.31 Å². The maximum atomic E-state index is 11.2. The van der Waals surface area contributed by atoms with E-state index in [0.29, 0.717) is 19.4 Å². The van der Waals surface area contributed by atoms with Crippen LogP contribution in [-0.4, -0.2) is 57.3 Å². The molecule has 0 radical (unpaired) electrons. The lowest BCUT2D eigenvalue weighted by Gasteiger charge is -2.26. The summed E-state index contributed by atoms with van der Waals surface area (Å²) < 4.78 is 33.5. The van der Waals surface area contributed by atoms with Crippen LogP contribution < -0.4 is 0 Å². The van der Waals surface area contributed by atoms with Crippen LogP contribution in [0.15, 0.2) is 0 Å². The van der Waals surface area contributed by atoms with Crippen molar-refractivity contribution in [2.24, 2.45) is 0 Å². The second kappa shape index (κ2) is 5.22. The molecule has 1 heterocycles. The predicted molar refractivity (Wildman–Crippen MR) is 53.5 cm³/mol. The van der Waals surface area contributed by atoms with Crippen molar-refractivity contribution < 1.29 is 22.4 Å². The fourth-order valence-electron chi connectivity index (χ4n) is 1.24. The summed E-state index contributed by atoms with van der Waals surface area (Å²) in [5, 5.41) is 9.32. The molecule has 0 aromatic heterocycles. The van der Waals surface area contributed by atoms with E-state index in [4.69, 9.17) is 8.92 Å². The Labute approximate surface area is 90.0 Å². The SMILES string of the molecule is CN(C)S(=O)(=O)OCC1CC(O)CCO1. The molecule has 6 nitrogen and oxygen atoms in total. The molecule has 2 unspecified atom stereocenters. The van der Waals surface area contributed by atoms with Crippen LogP contribution in [0.4, 0.5) is 0 Å². The van der Waals surface area contributed by atoms with E-state index >= 15 is 0 Å². The van der Waals surface area contributed by atoms with E-state index in [1.54, 1.807) is 0 Å². The van der Waals surface area contributed by atoms with Crippen molar-refractivity contribution in [1.29, 1.82) is 0 Å². The summed E-state index contributed by atoms with van der Waals surface area (Å²) in [7, 11) is -0.854. The summed E-state index contributed by atoms with van der Waals surface area (Å²) in [6.45, 7) is 0.398. The maximum Gasteiger partial charge on any atom is 0.337 e. The van der Waals surface area contributed by atoms with Gasteiger partial charge < -0.3 is 9.84 Å². The van der Waals surface area contributed by atoms with Crippen LogP contribution in [0, 0.1) is 0 Å². The number of ether oxygens (including phenoxy) is 1. The number of hydrogen-bond acceptors (Lipinski definition) is 5. The molecule has 1 N–H and O–H groups in total. The number of hydrogen-bond donors (Lipinski definition) is 1. The Balaban J connectivity index is 2.37. The molecule has 0 aliphatic carbocycles. The van der Waals surface area contributed by atoms with Gasteiger partial charge in [-0.1, -0.05) is 0 Å². The van der Waals surface area contributed by atoms with Crippen LogP contribution in [0.3, 0.4) is 0 Å². The minimum Gasteiger partial charge on any atom is -0.393 e. The summed E-state index contributed by atoms with van der Waals surface area (Å²) in [6.07, 6.45) is 0.248. The molecule has 0 saturated carbocycles. The molecule has 0 amide bonds. The number of aliphatic hydroxyl groups excluding tert-OH is 1. The van der Waals surface area contributed by atoms with Gasteiger partial charge in [-0.2, -0.15) is 12.7 Å². The van der Waals surface area contributed by atoms with Crippen LogP contribution >= 0.6 is 0 Å². The van der Waals surface area contributed by atoms with Gasteiger partial charge in [-0.25, -0.2) is 0 Å². The van der Waals surface area contributed by atoms with Crippen LogP contribution in [0.25, 0.3) is 0 Å². The highest BCUT2D eigenvalue weighted by Crippen LogP contribution is 2.14. The van der Waals surface area contributed by atoms with E-state index < -0.39 is 16.4 Å². The lowest BCUT2D eigenvalue weighted by Crippen LogP contribution is -2.35. The molecule has 15 heavy (non-hydrogen) atoms. The van der Waals surface area contributed by atoms with Gasteiger partial charge in [-0.15, -0.1) is 0 Å². The third-order valence-corrected chi connectivity index (χ3v) is 3.52. The largest absolute Gasteiger partial charge is 0.393 e. The predicted octanol–water partition coefficient (Wildman–Crippen LogP) is -0.651. The first-order valence-electron chi connectivity index (χ1n) is 4.78. The van der Waals surface area contributed by atoms with Crippen molar-refractivity contribution >= 4 is 10.3 Å². The Bertz CT molecular complexity index is 289. The minimum atomic E-state index is -3.64. The Morgan fingerprint density at radius 3 is 2.73 bits per heavy atom. The minimum absolute atomic E-state index is 0.0441. The zero-order valence-electron chi connectivity index (χ0n) is 8.92. The monoisotopic (exact) mass is 239 g/mol. The molecule has 1 fully saturated rings. The lowest BCUT2D eigenvalue weighted by atomic mass is 10.1. The highest BCUT2D eigenvalue weighted by atomic mass is 32.2. The molecule has 90 valence electrons. The molecule has 0 aromatic carbocycles. The average Bonchev–Trinajstić information content (AvgIpc) is 2.15. The quantitative estimate of drug-likeness (QED) is 0.705. The topological polar surface area (TPSA) is 76.1 Å². The van der Waals surface area contributed by atoms with Crippen molar-refractivity contribution in [3.05, 3.63) is 0 Å². The van der Waals surface area contributed by atoms with Crippen LogP contribution in [0.2, 0.25) is 0 Å². The van der Waals surface area contributed by atoms with Crippen LogP contribution in [-0.2, 0) is 19.2 Å². The standard InChI is InChI=1S/C8H17NO5S/c1-9(2)15(11,12)14-6-8-5-7(10)3-4-13-8/h7-8,10H,3-6H2,1-2H3. The molecule has 1 aliphatic rings. The summed E-state index contributed by atoms with van der Waals surface area (Å²) in [6, 6.07) is 0. The molecule has 2 atom stereocenters. The van der Waals surface area contributed by atoms with Crippen LogP contribution in [0.1, 0.15) is 12.8 Å². The lowest BCUT2D eigenvalue weighted by molar-refractivity contribution is -0.0598. The van der Waals surface area contributed by atoms with Gasteiger partial charge in [0, 0.05) is 27.1 Å². The third-order valence-electron chi connectivity index (χ3n) is 2.19. The number of nitrogens with zero attached hydrogens (tertiary/aromatic N) is 1. The van der Waals surface area contributed by atoms with Gasteiger partial charge in [-0.05, 0) is 6.42 Å². The molecule has 1 rings (SSSR count). The van der Waals surface area contributed by atoms with Crippen molar-refractivity contribution in [3.63, 3.8) is 0 Å². The van der Waals surface area contributed by atoms with Gasteiger partial charge in [-0.3, -0.25) is 4.18 Å². The summed E-state index contributed by atoms with van der Waals surface area (Å²) in [5.74, 6) is 0. The van der Waals surface area contributed by atoms with Gasteiger partial charge in [0.05, 0.1) is 18.8 Å². The molecule has 0 spiro atoms. The summed E-state index contributed by atoms with van der Waals surface area (Å²) in [5.41, 5.74) is 0. The summed E-state index contributed by atoms with van der Waals surface area (Å²) >= 11 is 0. The zero-order chi connectivity index (χ0) is 11.5. The molecular formula is C8H17NO5S. The second-order valence-electron chi connectivity index (χ2n) is 3.70. The van der Waals surface area contributed by atoms with Crippen molar-refractivity contribution in [2.45, 2.75) is 25.0 Å². The van der Waals surface area contributed by atoms with E-state index in [2.05, 4.69) is 0 Å². The van der Waals surface area contributed by atoms with Crippen molar-refractivity contribution in [3.8, 4) is 0 Å². The second-order valence-corrected chi connectivity index (χ2v) is 5.52. The van der Waals surface area contributed by atoms with Gasteiger partial charge >= 0.3 is 10.3 Å². The molecule has 1 aliphatic heterocycles. The van der Waals surface area contributed by atoms with E-state index in [1.165, 1.54) is 14.1 Å². The first-order valence-corrected chi connectivity index (χ1v) is 6.15. The van der Waals surface area contributed by atoms with Crippen molar-refractivity contribution in [2.75, 3.05) is 27.3 Å². The molecular weight excluding hydrogens is 222 g/mol. The Morgan fingerprint density at radius 1 is 1.53 bits per heavy atom. The molecule has 1 saturated heterocycles. The molecule has 0 aromatic rings. The van der Waals surface area contributed by atoms with E-state index in [9.17, 15) is 13.5 Å². The Morgan fingerprint density at radius 2 is 2.20 bits per heavy atom. The first kappa shape index (κ1) is 12.9. The number of rotatable bonds is 4. The van der Waals surface area contributed by atoms with Gasteiger partial charge in [0.1, 0.15) is 0 Å². The van der Waals surface area contributed by atoms with Gasteiger partial charge in [0.2, 0.25) is 0 Å². The number of aliphatic hydroxyl groups is 1. The molecule has 0 bridgehead atoms. The smallest absolute Gasteiger partial charge is 0.337 e. The van der Waals surface area contributed by atoms with Gasteiger partial charge in [0.25, 0.3) is 0 Å². The van der Waals surface area contributed by atoms with Crippen LogP contribution in [0.5, 0.6) is 0 Å². The fourth-order valence-corrected chi connectivity index (χ4v) is 1.78. The first-order chi connectivity index (χ1) is 6.92. The third kappa shape index (κ3) is 4.04. The zero-order valence-corrected chi connectivity index (χ0v) is 9.74. The normalized spacial score (nSPS) is 28.3. The van der Waals surface area contributed by atoms with E-state index in [-0.39, 0.29) is 12.7 Å². The van der Waals surface area contributed by atoms with E-state index in [1.807, 2.05) is 0 Å². The fraction of sp³-hybridized carbons (Fsp3) is 1.00. The summed E-state index contributed by atoms with van der Waals surface area (Å²) in [4.78, 5) is 0. The maximum absolute atomic E-state index is 11.2. The Kier molecular flexibility index (Phi) is 4.47. The van der Waals surface area contributed by atoms with E-state index in [0.717, 1.165) is 4.31 Å². The highest BCUT2D eigenvalue weighted by molar-refractivity contribution is 7.84. The highest BCUT2D eigenvalue weighted by Gasteiger charge is 2.24. The molecule has 7 heteroatoms.